The van der Waals surface area contributed by atoms with Gasteiger partial charge in [-0.15, -0.1) is 0 Å². The highest BCUT2D eigenvalue weighted by Gasteiger charge is 2.46. The van der Waals surface area contributed by atoms with Gasteiger partial charge in [0.05, 0.1) is 57.0 Å². The van der Waals surface area contributed by atoms with E-state index in [0.29, 0.717) is 68.8 Å². The van der Waals surface area contributed by atoms with Crippen molar-refractivity contribution in [2.75, 3.05) is 67.7 Å². The van der Waals surface area contributed by atoms with Gasteiger partial charge in [0.1, 0.15) is 39.9 Å². The number of hydrogen-bond donors (Lipinski definition) is 2. The van der Waals surface area contributed by atoms with Gasteiger partial charge in [-0.25, -0.2) is 61.5 Å². The van der Waals surface area contributed by atoms with Gasteiger partial charge < -0.3 is 39.6 Å². The summed E-state index contributed by atoms with van der Waals surface area (Å²) in [5.41, 5.74) is 5.38. The Hall–Kier alpha value is -5.72. The number of ether oxygens (including phenoxy) is 4. The van der Waals surface area contributed by atoms with Crippen molar-refractivity contribution in [3.05, 3.63) is 65.8 Å². The summed E-state index contributed by atoms with van der Waals surface area (Å²) < 4.78 is 69.8. The average molecular weight is 914 g/mol. The molecule has 0 amide bonds. The molecule has 0 bridgehead atoms. The van der Waals surface area contributed by atoms with Gasteiger partial charge in [0.25, 0.3) is 0 Å². The molecule has 4 aromatic rings. The third kappa shape index (κ3) is 9.77. The molecule has 0 spiro atoms. The molecule has 0 radical (unpaired) electrons. The van der Waals surface area contributed by atoms with Crippen molar-refractivity contribution in [3.8, 4) is 11.5 Å². The van der Waals surface area contributed by atoms with Crippen LogP contribution in [0.2, 0.25) is 0 Å². The second-order valence-corrected chi connectivity index (χ2v) is 21.5. The standard InChI is InChI=1S/C20H25N5O5S.C15H21N3O6S.C4H5N3/c1-12-9-29-10-13-11-30-16-17(20(2,3)31(4,27)28)23-18(24-19(16)25(12)13)14(26)8-15-21-6-5-7-22-15;1-8-5-23-6-9-7-24-10-11(15(2,3)25(4,21)22)16-12(14(19)20)17-13(10)18(8)9;5-4-6-2-1-3-7-4/h5-7,12-13H,8-11H2,1-4H3;8-9H,5-7H2,1-4H3,(H,19,20);1-3H,(H2,5,6,7)/t12-,13+;8-,9+;/m11./s1. The molecule has 4 aromatic heterocycles. The van der Waals surface area contributed by atoms with Crippen LogP contribution >= 0.6 is 0 Å². The van der Waals surface area contributed by atoms with E-state index in [1.54, 1.807) is 50.8 Å². The number of aromatic carboxylic acids is 1. The predicted octanol–water partition coefficient (Wildman–Crippen LogP) is 1.46. The molecular formula is C39H51N11O11S2. The number of nitrogen functional groups attached to an aromatic ring is 1. The van der Waals surface area contributed by atoms with Crippen LogP contribution in [0.4, 0.5) is 17.6 Å². The van der Waals surface area contributed by atoms with E-state index in [4.69, 9.17) is 24.7 Å². The summed E-state index contributed by atoms with van der Waals surface area (Å²) in [5.74, 6) is -0.335. The lowest BCUT2D eigenvalue weighted by Gasteiger charge is -2.45. The fourth-order valence-electron chi connectivity index (χ4n) is 7.00. The third-order valence-electron chi connectivity index (χ3n) is 11.1. The minimum absolute atomic E-state index is 0.0223. The molecule has 2 saturated heterocycles. The Morgan fingerprint density at radius 1 is 0.683 bits per heavy atom. The summed E-state index contributed by atoms with van der Waals surface area (Å²) in [6, 6.07) is 3.12. The third-order valence-corrected chi connectivity index (χ3v) is 15.2. The van der Waals surface area contributed by atoms with E-state index in [1.807, 2.05) is 23.6 Å². The molecule has 8 rings (SSSR count). The van der Waals surface area contributed by atoms with Crippen molar-refractivity contribution in [1.82, 2.24) is 39.9 Å². The summed E-state index contributed by atoms with van der Waals surface area (Å²) >= 11 is 0. The quantitative estimate of drug-likeness (QED) is 0.236. The number of aromatic nitrogens is 8. The van der Waals surface area contributed by atoms with Crippen LogP contribution in [0.1, 0.15) is 80.0 Å². The van der Waals surface area contributed by atoms with Crippen LogP contribution in [0.3, 0.4) is 0 Å². The Morgan fingerprint density at radius 3 is 1.49 bits per heavy atom. The molecule has 22 nitrogen and oxygen atoms in total. The van der Waals surface area contributed by atoms with Gasteiger partial charge in [-0.2, -0.15) is 0 Å². The zero-order valence-corrected chi connectivity index (χ0v) is 37.8. The molecule has 63 heavy (non-hydrogen) atoms. The summed E-state index contributed by atoms with van der Waals surface area (Å²) in [4.78, 5) is 61.1. The molecule has 4 aliphatic rings. The summed E-state index contributed by atoms with van der Waals surface area (Å²) in [6.07, 6.45) is 8.44. The number of ketones is 1. The fourth-order valence-corrected chi connectivity index (χ4v) is 7.98. The van der Waals surface area contributed by atoms with Gasteiger partial charge in [0.15, 0.2) is 48.6 Å². The Morgan fingerprint density at radius 2 is 1.10 bits per heavy atom. The van der Waals surface area contributed by atoms with E-state index in [9.17, 15) is 31.5 Å². The number of carboxylic acids is 1. The van der Waals surface area contributed by atoms with Crippen molar-refractivity contribution < 1.29 is 50.5 Å². The van der Waals surface area contributed by atoms with E-state index < -0.39 is 46.7 Å². The first-order chi connectivity index (χ1) is 29.5. The number of nitrogens with two attached hydrogens (primary N) is 1. The summed E-state index contributed by atoms with van der Waals surface area (Å²) in [6.45, 7) is 12.5. The highest BCUT2D eigenvalue weighted by Crippen LogP contribution is 2.45. The molecule has 0 unspecified atom stereocenters. The van der Waals surface area contributed by atoms with E-state index in [0.717, 1.165) is 12.5 Å². The van der Waals surface area contributed by atoms with Crippen molar-refractivity contribution in [3.63, 3.8) is 0 Å². The molecule has 340 valence electrons. The highest BCUT2D eigenvalue weighted by atomic mass is 32.2. The first kappa shape index (κ1) is 46.8. The van der Waals surface area contributed by atoms with Gasteiger partial charge in [0, 0.05) is 37.3 Å². The van der Waals surface area contributed by atoms with Crippen LogP contribution in [0, 0.1) is 0 Å². The maximum absolute atomic E-state index is 13.0. The smallest absolute Gasteiger partial charge is 0.374 e. The lowest BCUT2D eigenvalue weighted by Crippen LogP contribution is -2.56. The number of fused-ring (bicyclic) bond motifs is 6. The number of morpholine rings is 2. The average Bonchev–Trinajstić information content (AvgIpc) is 3.23. The Kier molecular flexibility index (Phi) is 13.5. The lowest BCUT2D eigenvalue weighted by atomic mass is 10.0. The molecule has 8 heterocycles. The molecule has 4 atom stereocenters. The van der Waals surface area contributed by atoms with E-state index in [-0.39, 0.29) is 53.5 Å². The van der Waals surface area contributed by atoms with Crippen LogP contribution in [-0.4, -0.2) is 150 Å². The number of sulfone groups is 2. The molecule has 24 heteroatoms. The maximum atomic E-state index is 13.0. The molecule has 0 aliphatic carbocycles. The molecule has 0 saturated carbocycles. The Labute approximate surface area is 364 Å². The lowest BCUT2D eigenvalue weighted by molar-refractivity contribution is 0.0479. The number of nitrogens with zero attached hydrogens (tertiary/aromatic N) is 10. The van der Waals surface area contributed by atoms with Crippen LogP contribution in [0.5, 0.6) is 11.5 Å². The van der Waals surface area contributed by atoms with Gasteiger partial charge in [-0.1, -0.05) is 0 Å². The van der Waals surface area contributed by atoms with E-state index in [2.05, 4.69) is 39.9 Å². The molecular weight excluding hydrogens is 863 g/mol. The van der Waals surface area contributed by atoms with Gasteiger partial charge in [-0.05, 0) is 53.7 Å². The SMILES string of the molecule is C[C@@H]1COC[C@H]2COc3c(nc(C(=O)Cc4ncccn4)nc3C(C)(C)S(C)(=O)=O)N21.C[C@@H]1COC[C@H]2COc3c(nc(C(=O)O)nc3C(C)(C)S(C)(=O)=O)N21.Nc1ncccn1. The summed E-state index contributed by atoms with van der Waals surface area (Å²) in [5, 5.41) is 9.38. The first-order valence-electron chi connectivity index (χ1n) is 19.8. The van der Waals surface area contributed by atoms with Gasteiger partial charge >= 0.3 is 5.97 Å². The zero-order valence-electron chi connectivity index (χ0n) is 36.1. The van der Waals surface area contributed by atoms with Crippen LogP contribution in [0.15, 0.2) is 36.9 Å². The second-order valence-electron chi connectivity index (χ2n) is 16.4. The minimum atomic E-state index is -3.58. The number of rotatable bonds is 8. The molecule has 4 aliphatic heterocycles. The normalized spacial score (nSPS) is 20.6. The number of carbonyl (C=O) groups excluding carboxylic acids is 1. The van der Waals surface area contributed by atoms with Gasteiger partial charge in [0.2, 0.25) is 17.6 Å². The first-order valence-corrected chi connectivity index (χ1v) is 23.6. The molecule has 3 N–H and O–H groups in total. The van der Waals surface area contributed by atoms with Crippen molar-refractivity contribution in [1.29, 1.82) is 0 Å². The number of hydrogen-bond acceptors (Lipinski definition) is 21. The van der Waals surface area contributed by atoms with Crippen molar-refractivity contribution in [2.24, 2.45) is 0 Å². The highest BCUT2D eigenvalue weighted by molar-refractivity contribution is 7.91. The molecule has 2 fully saturated rings. The number of Topliss-reactive ketones (excluding diaryl/α,β-unsaturated/α-hetero) is 1. The van der Waals surface area contributed by atoms with E-state index >= 15 is 0 Å². The second kappa shape index (κ2) is 18.2. The predicted molar refractivity (Wildman–Crippen MR) is 227 cm³/mol. The fraction of sp³-hybridized carbons (Fsp3) is 0.538. The van der Waals surface area contributed by atoms with Crippen LogP contribution < -0.4 is 25.0 Å². The van der Waals surface area contributed by atoms with E-state index in [1.165, 1.54) is 13.8 Å². The van der Waals surface area contributed by atoms with Crippen molar-refractivity contribution in [2.45, 2.75) is 81.6 Å². The Balaban J connectivity index is 0.000000184. The van der Waals surface area contributed by atoms with Crippen LogP contribution in [0.25, 0.3) is 0 Å². The minimum Gasteiger partial charge on any atom is -0.486 e. The number of carbonyl (C=O) groups is 2. The molecule has 0 aromatic carbocycles. The topological polar surface area (TPSA) is 295 Å². The largest absolute Gasteiger partial charge is 0.486 e. The van der Waals surface area contributed by atoms with Gasteiger partial charge in [-0.3, -0.25) is 4.79 Å². The monoisotopic (exact) mass is 913 g/mol. The maximum Gasteiger partial charge on any atom is 0.374 e. The number of carboxylic acid groups (broad SMARTS) is 1. The number of anilines is 3. The van der Waals surface area contributed by atoms with Crippen LogP contribution in [-0.2, 0) is 45.1 Å². The zero-order chi connectivity index (χ0) is 46.1. The summed E-state index contributed by atoms with van der Waals surface area (Å²) in [7, 11) is -7.16. The van der Waals surface area contributed by atoms with Crippen molar-refractivity contribution >= 4 is 49.0 Å². The Bertz CT molecular complexity index is 2550.